The lowest BCUT2D eigenvalue weighted by molar-refractivity contribution is 1.07. The van der Waals surface area contributed by atoms with Gasteiger partial charge in [0.2, 0.25) is 0 Å². The zero-order chi connectivity index (χ0) is 37.0. The predicted octanol–water partition coefficient (Wildman–Crippen LogP) is 13.7. The van der Waals surface area contributed by atoms with Crippen molar-refractivity contribution >= 4 is 53.3 Å². The second-order valence-electron chi connectivity index (χ2n) is 14.1. The zero-order valence-corrected chi connectivity index (χ0v) is 31.0. The molecular formula is C51H32N4S. The molecule has 0 spiro atoms. The molecule has 0 aliphatic heterocycles. The van der Waals surface area contributed by atoms with Crippen LogP contribution >= 0.6 is 11.3 Å². The van der Waals surface area contributed by atoms with Crippen LogP contribution in [-0.2, 0) is 0 Å². The van der Waals surface area contributed by atoms with Crippen LogP contribution in [0.25, 0.3) is 104 Å². The van der Waals surface area contributed by atoms with Gasteiger partial charge >= 0.3 is 0 Å². The van der Waals surface area contributed by atoms with Crippen molar-refractivity contribution in [3.8, 4) is 61.8 Å². The van der Waals surface area contributed by atoms with Crippen LogP contribution in [0, 0.1) is 0 Å². The van der Waals surface area contributed by atoms with E-state index in [4.69, 9.17) is 9.97 Å². The molecule has 0 fully saturated rings. The molecule has 262 valence electrons. The number of benzene rings is 8. The summed E-state index contributed by atoms with van der Waals surface area (Å²) < 4.78 is 4.90. The smallest absolute Gasteiger partial charge is 0.164 e. The predicted molar refractivity (Wildman–Crippen MR) is 234 cm³/mol. The van der Waals surface area contributed by atoms with E-state index in [-0.39, 0.29) is 0 Å². The van der Waals surface area contributed by atoms with Crippen LogP contribution in [0.5, 0.6) is 0 Å². The van der Waals surface area contributed by atoms with Crippen LogP contribution in [0.1, 0.15) is 0 Å². The third-order valence-electron chi connectivity index (χ3n) is 10.8. The minimum atomic E-state index is 0.641. The third kappa shape index (κ3) is 5.48. The fourth-order valence-electron chi connectivity index (χ4n) is 8.08. The molecule has 0 atom stereocenters. The lowest BCUT2D eigenvalue weighted by Gasteiger charge is -2.13. The molecule has 0 aliphatic carbocycles. The Kier molecular flexibility index (Phi) is 7.64. The maximum absolute atomic E-state index is 5.06. The second-order valence-corrected chi connectivity index (χ2v) is 15.2. The summed E-state index contributed by atoms with van der Waals surface area (Å²) >= 11 is 1.85. The number of para-hydroxylation sites is 2. The van der Waals surface area contributed by atoms with Crippen LogP contribution < -0.4 is 0 Å². The maximum atomic E-state index is 5.06. The van der Waals surface area contributed by atoms with Gasteiger partial charge in [0.05, 0.1) is 11.0 Å². The molecule has 0 bridgehead atoms. The molecule has 3 heterocycles. The van der Waals surface area contributed by atoms with Crippen LogP contribution in [-0.4, -0.2) is 19.5 Å². The Hall–Kier alpha value is -7.21. The SMILES string of the molecule is c1ccc(-c2cccc(-c3ccc(-c4ccc5c(c4)sc4cc6c(cc45)c4ccccc4n6-c4ccccc4)c(-c4ncnc(-c5ccccc5)n4)c3)c2)cc1. The van der Waals surface area contributed by atoms with Crippen molar-refractivity contribution in [3.05, 3.63) is 194 Å². The Balaban J connectivity index is 1.08. The standard InChI is InChI=1S/C51H32N4S/c1-4-13-33(14-5-1)35-17-12-18-36(27-35)37-23-25-40(45(28-37)51-53-32-52-50(54-51)34-15-6-2-7-16-34)38-24-26-42-44-30-43-41-21-10-11-22-46(41)55(39-19-8-3-9-20-39)47(43)31-49(44)56-48(42)29-38/h1-32H. The van der Waals surface area contributed by atoms with Crippen molar-refractivity contribution in [1.29, 1.82) is 0 Å². The molecule has 3 aromatic heterocycles. The summed E-state index contributed by atoms with van der Waals surface area (Å²) in [6.07, 6.45) is 1.63. The second kappa shape index (κ2) is 13.3. The minimum Gasteiger partial charge on any atom is -0.309 e. The highest BCUT2D eigenvalue weighted by molar-refractivity contribution is 7.25. The van der Waals surface area contributed by atoms with Gasteiger partial charge in [0.25, 0.3) is 0 Å². The van der Waals surface area contributed by atoms with Crippen LogP contribution in [0.4, 0.5) is 0 Å². The molecule has 5 heteroatoms. The zero-order valence-electron chi connectivity index (χ0n) is 30.2. The minimum absolute atomic E-state index is 0.641. The van der Waals surface area contributed by atoms with Crippen LogP contribution in [0.2, 0.25) is 0 Å². The van der Waals surface area contributed by atoms with Gasteiger partial charge in [0.15, 0.2) is 11.6 Å². The lowest BCUT2D eigenvalue weighted by Crippen LogP contribution is -1.97. The summed E-state index contributed by atoms with van der Waals surface area (Å²) in [5, 5.41) is 5.06. The van der Waals surface area contributed by atoms with E-state index in [1.165, 1.54) is 53.1 Å². The molecular weight excluding hydrogens is 701 g/mol. The van der Waals surface area contributed by atoms with Crippen molar-refractivity contribution in [2.24, 2.45) is 0 Å². The van der Waals surface area contributed by atoms with Gasteiger partial charge < -0.3 is 4.57 Å². The highest BCUT2D eigenvalue weighted by Crippen LogP contribution is 2.43. The van der Waals surface area contributed by atoms with Crippen molar-refractivity contribution in [2.45, 2.75) is 0 Å². The first-order chi connectivity index (χ1) is 27.7. The number of hydrogen-bond donors (Lipinski definition) is 0. The summed E-state index contributed by atoms with van der Waals surface area (Å²) in [6.45, 7) is 0. The molecule has 8 aromatic carbocycles. The summed E-state index contributed by atoms with van der Waals surface area (Å²) in [6, 6.07) is 67.1. The highest BCUT2D eigenvalue weighted by atomic mass is 32.1. The van der Waals surface area contributed by atoms with Crippen molar-refractivity contribution in [2.75, 3.05) is 0 Å². The van der Waals surface area contributed by atoms with Gasteiger partial charge in [0, 0.05) is 47.8 Å². The summed E-state index contributed by atoms with van der Waals surface area (Å²) in [7, 11) is 0. The summed E-state index contributed by atoms with van der Waals surface area (Å²) in [5.41, 5.74) is 12.3. The molecule has 11 rings (SSSR count). The molecule has 11 aromatic rings. The van der Waals surface area contributed by atoms with Crippen LogP contribution in [0.15, 0.2) is 194 Å². The monoisotopic (exact) mass is 732 g/mol. The quantitative estimate of drug-likeness (QED) is 0.171. The Labute approximate surface area is 327 Å². The van der Waals surface area contributed by atoms with E-state index in [1.807, 2.05) is 41.7 Å². The van der Waals surface area contributed by atoms with Gasteiger partial charge in [-0.05, 0) is 81.9 Å². The number of thiophene rings is 1. The average molecular weight is 733 g/mol. The summed E-state index contributed by atoms with van der Waals surface area (Å²) in [4.78, 5) is 14.4. The molecule has 0 aliphatic rings. The Morgan fingerprint density at radius 3 is 1.82 bits per heavy atom. The van der Waals surface area contributed by atoms with E-state index in [0.29, 0.717) is 11.6 Å². The van der Waals surface area contributed by atoms with Crippen molar-refractivity contribution in [1.82, 2.24) is 19.5 Å². The molecule has 0 N–H and O–H groups in total. The van der Waals surface area contributed by atoms with E-state index in [0.717, 1.165) is 39.1 Å². The van der Waals surface area contributed by atoms with Gasteiger partial charge in [-0.25, -0.2) is 15.0 Å². The van der Waals surface area contributed by atoms with E-state index in [1.54, 1.807) is 6.33 Å². The first kappa shape index (κ1) is 32.2. The Morgan fingerprint density at radius 2 is 1.00 bits per heavy atom. The topological polar surface area (TPSA) is 43.6 Å². The first-order valence-corrected chi connectivity index (χ1v) is 19.6. The number of nitrogens with zero attached hydrogens (tertiary/aromatic N) is 4. The fraction of sp³-hybridized carbons (Fsp3) is 0. The number of fused-ring (bicyclic) bond motifs is 6. The van der Waals surface area contributed by atoms with Gasteiger partial charge in [-0.15, -0.1) is 11.3 Å². The normalized spacial score (nSPS) is 11.6. The number of rotatable bonds is 6. The third-order valence-corrected chi connectivity index (χ3v) is 11.9. The molecule has 56 heavy (non-hydrogen) atoms. The molecule has 0 unspecified atom stereocenters. The van der Waals surface area contributed by atoms with Gasteiger partial charge in [-0.1, -0.05) is 140 Å². The molecule has 0 saturated carbocycles. The maximum Gasteiger partial charge on any atom is 0.164 e. The summed E-state index contributed by atoms with van der Waals surface area (Å²) in [5.74, 6) is 1.29. The van der Waals surface area contributed by atoms with E-state index in [9.17, 15) is 0 Å². The van der Waals surface area contributed by atoms with Crippen molar-refractivity contribution in [3.63, 3.8) is 0 Å². The largest absolute Gasteiger partial charge is 0.309 e. The first-order valence-electron chi connectivity index (χ1n) is 18.8. The van der Waals surface area contributed by atoms with Crippen LogP contribution in [0.3, 0.4) is 0 Å². The molecule has 0 radical (unpaired) electrons. The van der Waals surface area contributed by atoms with Gasteiger partial charge in [0.1, 0.15) is 6.33 Å². The van der Waals surface area contributed by atoms with Gasteiger partial charge in [-0.3, -0.25) is 0 Å². The van der Waals surface area contributed by atoms with Crippen molar-refractivity contribution < 1.29 is 0 Å². The molecule has 0 amide bonds. The van der Waals surface area contributed by atoms with E-state index < -0.39 is 0 Å². The molecule has 0 saturated heterocycles. The Morgan fingerprint density at radius 1 is 0.357 bits per heavy atom. The van der Waals surface area contributed by atoms with E-state index in [2.05, 4.69) is 167 Å². The van der Waals surface area contributed by atoms with Gasteiger partial charge in [-0.2, -0.15) is 0 Å². The highest BCUT2D eigenvalue weighted by Gasteiger charge is 2.18. The number of hydrogen-bond acceptors (Lipinski definition) is 4. The Bertz CT molecular complexity index is 3240. The molecule has 4 nitrogen and oxygen atoms in total. The lowest BCUT2D eigenvalue weighted by atomic mass is 9.92. The van der Waals surface area contributed by atoms with E-state index >= 15 is 0 Å². The number of aromatic nitrogens is 4. The average Bonchev–Trinajstić information content (AvgIpc) is 3.80. The fourth-order valence-corrected chi connectivity index (χ4v) is 9.24.